The first-order chi connectivity index (χ1) is 3.67. The molecular weight excluding hydrogens is 119 g/mol. The Balaban J connectivity index is 2.37. The summed E-state index contributed by atoms with van der Waals surface area (Å²) in [4.78, 5) is 2.36. The molecule has 0 aromatic carbocycles. The zero-order valence-corrected chi connectivity index (χ0v) is 6.59. The van der Waals surface area contributed by atoms with Gasteiger partial charge in [-0.15, -0.1) is 0 Å². The predicted molar refractivity (Wildman–Crippen MR) is 38.5 cm³/mol. The first-order valence-corrected chi connectivity index (χ1v) is 3.47. The zero-order valence-electron chi connectivity index (χ0n) is 5.44. The molecule has 0 amide bonds. The lowest BCUT2D eigenvalue weighted by Crippen LogP contribution is -2.40. The molecule has 1 N–H and O–H groups in total. The van der Waals surface area contributed by atoms with Crippen LogP contribution in [-0.2, 0) is 0 Å². The Hall–Kier alpha value is 0.350. The number of rotatable bonds is 2. The van der Waals surface area contributed by atoms with Crippen molar-refractivity contribution in [3.63, 3.8) is 0 Å². The minimum atomic E-state index is 0.199. The van der Waals surface area contributed by atoms with Gasteiger partial charge in [0.2, 0.25) is 0 Å². The van der Waals surface area contributed by atoms with Crippen LogP contribution in [-0.4, -0.2) is 23.7 Å². The van der Waals surface area contributed by atoms with Gasteiger partial charge in [0, 0.05) is 13.1 Å². The Morgan fingerprint density at radius 1 is 1.50 bits per heavy atom. The lowest BCUT2D eigenvalue weighted by molar-refractivity contribution is 0.268. The van der Waals surface area contributed by atoms with E-state index in [0.717, 1.165) is 0 Å². The van der Waals surface area contributed by atoms with Gasteiger partial charge in [-0.25, -0.2) is 0 Å². The third-order valence-electron chi connectivity index (χ3n) is 1.59. The molecule has 1 aliphatic heterocycles. The van der Waals surface area contributed by atoms with Crippen molar-refractivity contribution < 1.29 is 0 Å². The first-order valence-electron chi connectivity index (χ1n) is 2.89. The molecule has 0 radical (unpaired) electrons. The maximum Gasteiger partial charge on any atom is 0.0684 e. The van der Waals surface area contributed by atoms with E-state index >= 15 is 0 Å². The fraction of sp³-hybridized carbons (Fsp3) is 1.00. The van der Waals surface area contributed by atoms with Crippen LogP contribution in [0.25, 0.3) is 0 Å². The highest BCUT2D eigenvalue weighted by molar-refractivity contribution is 7.13. The van der Waals surface area contributed by atoms with Crippen LogP contribution in [0, 0.1) is 0 Å². The van der Waals surface area contributed by atoms with Crippen molar-refractivity contribution in [1.82, 2.24) is 9.99 Å². The van der Waals surface area contributed by atoms with E-state index in [1.807, 2.05) is 0 Å². The number of hydrogen-bond donors (Lipinski definition) is 1. The van der Waals surface area contributed by atoms with Crippen LogP contribution < -0.4 is 5.09 Å². The summed E-state index contributed by atoms with van der Waals surface area (Å²) < 4.78 is 0. The van der Waals surface area contributed by atoms with Crippen LogP contribution in [0.5, 0.6) is 0 Å². The molecule has 2 nitrogen and oxygen atoms in total. The summed E-state index contributed by atoms with van der Waals surface area (Å²) in [6.07, 6.45) is 0. The molecule has 48 valence electrons. The van der Waals surface area contributed by atoms with Crippen molar-refractivity contribution in [2.24, 2.45) is 0 Å². The van der Waals surface area contributed by atoms with Crippen molar-refractivity contribution in [2.45, 2.75) is 19.5 Å². The minimum absolute atomic E-state index is 0.199. The normalized spacial score (nSPS) is 21.4. The van der Waals surface area contributed by atoms with Crippen LogP contribution in [0.2, 0.25) is 0 Å². The van der Waals surface area contributed by atoms with Gasteiger partial charge in [-0.3, -0.25) is 9.99 Å². The summed E-state index contributed by atoms with van der Waals surface area (Å²) in [5.74, 6) is 0. The average molecular weight is 132 g/mol. The van der Waals surface area contributed by atoms with Crippen LogP contribution in [0.4, 0.5) is 0 Å². The summed E-state index contributed by atoms with van der Waals surface area (Å²) in [5, 5.41) is 3.15. The highest BCUT2D eigenvalue weighted by Crippen LogP contribution is 2.19. The van der Waals surface area contributed by atoms with Crippen LogP contribution in [0.1, 0.15) is 13.8 Å². The predicted octanol–water partition coefficient (Wildman–Crippen LogP) is 0.418. The fourth-order valence-electron chi connectivity index (χ4n) is 0.700. The van der Waals surface area contributed by atoms with Crippen molar-refractivity contribution >= 4 is 9.39 Å². The zero-order chi connectivity index (χ0) is 6.20. The van der Waals surface area contributed by atoms with Crippen LogP contribution in [0.3, 0.4) is 0 Å². The van der Waals surface area contributed by atoms with E-state index < -0.39 is 0 Å². The Morgan fingerprint density at radius 2 is 2.00 bits per heavy atom. The Bertz CT molecular complexity index is 88.4. The van der Waals surface area contributed by atoms with Gasteiger partial charge in [0.1, 0.15) is 0 Å². The minimum Gasteiger partial charge on any atom is -0.283 e. The first kappa shape index (κ1) is 6.47. The third kappa shape index (κ3) is 1.19. The molecule has 3 heteroatoms. The number of hydrogen-bond acceptors (Lipinski definition) is 2. The number of nitrogens with one attached hydrogen (secondary N) is 1. The van der Waals surface area contributed by atoms with Gasteiger partial charge < -0.3 is 0 Å². The molecule has 0 aliphatic carbocycles. The highest BCUT2D eigenvalue weighted by Gasteiger charge is 2.32. The molecule has 1 aliphatic rings. The van der Waals surface area contributed by atoms with Crippen LogP contribution in [0.15, 0.2) is 0 Å². The van der Waals surface area contributed by atoms with E-state index in [1.54, 1.807) is 0 Å². The summed E-state index contributed by atoms with van der Waals surface area (Å²) in [5.41, 5.74) is 0.199. The molecule has 1 heterocycles. The Morgan fingerprint density at radius 3 is 2.12 bits per heavy atom. The van der Waals surface area contributed by atoms with Crippen molar-refractivity contribution in [1.29, 1.82) is 0 Å². The molecule has 1 unspecified atom stereocenters. The SMILES string of the molecule is CC(C)(NP)N1CC1. The molecule has 1 fully saturated rings. The van der Waals surface area contributed by atoms with E-state index in [9.17, 15) is 0 Å². The second kappa shape index (κ2) is 1.94. The summed E-state index contributed by atoms with van der Waals surface area (Å²) in [6, 6.07) is 0. The number of nitrogens with zero attached hydrogens (tertiary/aromatic N) is 1. The quantitative estimate of drug-likeness (QED) is 0.432. The topological polar surface area (TPSA) is 15.0 Å². The van der Waals surface area contributed by atoms with Gasteiger partial charge in [-0.05, 0) is 13.8 Å². The van der Waals surface area contributed by atoms with E-state index in [4.69, 9.17) is 0 Å². The maximum absolute atomic E-state index is 3.15. The van der Waals surface area contributed by atoms with Gasteiger partial charge in [-0.2, -0.15) is 0 Å². The van der Waals surface area contributed by atoms with Gasteiger partial charge in [-0.1, -0.05) is 9.39 Å². The Kier molecular flexibility index (Phi) is 1.57. The smallest absolute Gasteiger partial charge is 0.0684 e. The molecule has 0 spiro atoms. The summed E-state index contributed by atoms with van der Waals surface area (Å²) in [7, 11) is 2.54. The maximum atomic E-state index is 3.15. The van der Waals surface area contributed by atoms with E-state index in [0.29, 0.717) is 0 Å². The van der Waals surface area contributed by atoms with E-state index in [1.165, 1.54) is 13.1 Å². The molecular formula is C5H13N2P. The standard InChI is InChI=1S/C5H13N2P/c1-5(2,6-8)7-3-4-7/h6H,3-4,8H2,1-2H3. The fourth-order valence-corrected chi connectivity index (χ4v) is 0.883. The Labute approximate surface area is 52.9 Å². The van der Waals surface area contributed by atoms with Crippen molar-refractivity contribution in [3.8, 4) is 0 Å². The summed E-state index contributed by atoms with van der Waals surface area (Å²) in [6.45, 7) is 6.84. The van der Waals surface area contributed by atoms with Gasteiger partial charge >= 0.3 is 0 Å². The second-order valence-corrected chi connectivity index (χ2v) is 2.98. The van der Waals surface area contributed by atoms with Gasteiger partial charge in [0.15, 0.2) is 0 Å². The lowest BCUT2D eigenvalue weighted by atomic mass is 10.3. The largest absolute Gasteiger partial charge is 0.283 e. The van der Waals surface area contributed by atoms with Crippen molar-refractivity contribution in [2.75, 3.05) is 13.1 Å². The monoisotopic (exact) mass is 132 g/mol. The summed E-state index contributed by atoms with van der Waals surface area (Å²) >= 11 is 0. The van der Waals surface area contributed by atoms with E-state index in [-0.39, 0.29) is 5.66 Å². The second-order valence-electron chi connectivity index (χ2n) is 2.69. The van der Waals surface area contributed by atoms with Gasteiger partial charge in [0.25, 0.3) is 0 Å². The van der Waals surface area contributed by atoms with Crippen LogP contribution >= 0.6 is 9.39 Å². The average Bonchev–Trinajstić information content (AvgIpc) is 2.44. The molecule has 1 atom stereocenters. The highest BCUT2D eigenvalue weighted by atomic mass is 31.0. The molecule has 0 saturated carbocycles. The van der Waals surface area contributed by atoms with Gasteiger partial charge in [0.05, 0.1) is 5.66 Å². The molecule has 1 rings (SSSR count). The molecule has 8 heavy (non-hydrogen) atoms. The lowest BCUT2D eigenvalue weighted by Gasteiger charge is -2.24. The molecule has 0 aromatic heterocycles. The third-order valence-corrected chi connectivity index (χ3v) is 2.30. The van der Waals surface area contributed by atoms with Crippen molar-refractivity contribution in [3.05, 3.63) is 0 Å². The van der Waals surface area contributed by atoms with E-state index in [2.05, 4.69) is 33.2 Å². The molecule has 0 aromatic rings. The molecule has 1 saturated heterocycles. The molecule has 0 bridgehead atoms.